The second kappa shape index (κ2) is 13.3. The lowest BCUT2D eigenvalue weighted by molar-refractivity contribution is -0.145. The van der Waals surface area contributed by atoms with Crippen molar-refractivity contribution >= 4 is 23.8 Å². The summed E-state index contributed by atoms with van der Waals surface area (Å²) in [6.45, 7) is 1.60. The van der Waals surface area contributed by atoms with Crippen LogP contribution in [-0.4, -0.2) is 54.7 Å². The van der Waals surface area contributed by atoms with E-state index in [1.54, 1.807) is 19.1 Å². The van der Waals surface area contributed by atoms with Crippen molar-refractivity contribution in [2.75, 3.05) is 13.7 Å². The van der Waals surface area contributed by atoms with Crippen LogP contribution in [0.3, 0.4) is 0 Å². The van der Waals surface area contributed by atoms with Crippen molar-refractivity contribution < 1.29 is 33.8 Å². The van der Waals surface area contributed by atoms with Crippen molar-refractivity contribution in [2.45, 2.75) is 51.4 Å². The molecule has 0 spiro atoms. The van der Waals surface area contributed by atoms with Crippen LogP contribution in [0.15, 0.2) is 30.3 Å². The molecule has 0 unspecified atom stereocenters. The lowest BCUT2D eigenvalue weighted by Gasteiger charge is -2.17. The Morgan fingerprint density at radius 1 is 1.14 bits per heavy atom. The number of alkyl carbamates (subject to hydrolysis) is 1. The van der Waals surface area contributed by atoms with Crippen molar-refractivity contribution in [2.24, 2.45) is 0 Å². The highest BCUT2D eigenvalue weighted by Gasteiger charge is 2.23. The summed E-state index contributed by atoms with van der Waals surface area (Å²) in [5.74, 6) is -1.30. The Hall–Kier alpha value is -2.94. The third kappa shape index (κ3) is 10.2. The minimum atomic E-state index is -1.17. The molecule has 0 fully saturated rings. The van der Waals surface area contributed by atoms with Gasteiger partial charge in [-0.25, -0.2) is 9.59 Å². The third-order valence-electron chi connectivity index (χ3n) is 4.04. The summed E-state index contributed by atoms with van der Waals surface area (Å²) >= 11 is 0. The summed E-state index contributed by atoms with van der Waals surface area (Å²) in [5.41, 5.74) is 0.818. The molecule has 0 heterocycles. The van der Waals surface area contributed by atoms with Gasteiger partial charge in [0.2, 0.25) is 5.91 Å². The standard InChI is InChI=1S/C20H28N2O7/c1-3-15(23)9-10-17(19(26)28-2)22-18(25)11-16(24)12-21-20(27)29-13-14-7-5-4-6-8-14/h4-8,16-17,24H,3,9-13H2,1-2H3,(H,21,27)(H,22,25)/t16-,17-/m0/s1. The number of methoxy groups -OCH3 is 1. The zero-order valence-corrected chi connectivity index (χ0v) is 16.7. The first-order chi connectivity index (χ1) is 13.8. The maximum atomic E-state index is 12.0. The quantitative estimate of drug-likeness (QED) is 0.441. The van der Waals surface area contributed by atoms with Gasteiger partial charge in [0.25, 0.3) is 0 Å². The third-order valence-corrected chi connectivity index (χ3v) is 4.04. The molecule has 2 amide bonds. The molecule has 1 aromatic rings. The van der Waals surface area contributed by atoms with E-state index >= 15 is 0 Å². The Kier molecular flexibility index (Phi) is 11.0. The molecular formula is C20H28N2O7. The lowest BCUT2D eigenvalue weighted by atomic mass is 10.1. The molecule has 1 aromatic carbocycles. The fraction of sp³-hybridized carbons (Fsp3) is 0.500. The Morgan fingerprint density at radius 2 is 1.83 bits per heavy atom. The number of hydrogen-bond acceptors (Lipinski definition) is 7. The first-order valence-electron chi connectivity index (χ1n) is 9.37. The van der Waals surface area contributed by atoms with Crippen LogP contribution < -0.4 is 10.6 Å². The van der Waals surface area contributed by atoms with Crippen LogP contribution in [0, 0.1) is 0 Å². The average molecular weight is 408 g/mol. The number of ketones is 1. The molecule has 0 saturated heterocycles. The minimum Gasteiger partial charge on any atom is -0.467 e. The molecule has 1 rings (SSSR count). The number of amides is 2. The summed E-state index contributed by atoms with van der Waals surface area (Å²) in [6.07, 6.45) is -1.64. The molecule has 0 saturated carbocycles. The number of nitrogens with one attached hydrogen (secondary N) is 2. The summed E-state index contributed by atoms with van der Waals surface area (Å²) < 4.78 is 9.63. The van der Waals surface area contributed by atoms with E-state index in [2.05, 4.69) is 15.4 Å². The molecule has 9 heteroatoms. The molecule has 0 aromatic heterocycles. The van der Waals surface area contributed by atoms with Gasteiger partial charge in [-0.15, -0.1) is 0 Å². The number of esters is 1. The van der Waals surface area contributed by atoms with Gasteiger partial charge in [0.05, 0.1) is 19.6 Å². The van der Waals surface area contributed by atoms with Gasteiger partial charge in [-0.05, 0) is 12.0 Å². The SMILES string of the molecule is CCC(=O)CC[C@H](NC(=O)C[C@H](O)CNC(=O)OCc1ccccc1)C(=O)OC. The molecule has 29 heavy (non-hydrogen) atoms. The van der Waals surface area contributed by atoms with Crippen LogP contribution in [-0.2, 0) is 30.5 Å². The Bertz CT molecular complexity index is 679. The first kappa shape index (κ1) is 24.1. The van der Waals surface area contributed by atoms with Gasteiger partial charge in [-0.1, -0.05) is 37.3 Å². The van der Waals surface area contributed by atoms with Crippen LogP contribution in [0.5, 0.6) is 0 Å². The number of hydrogen-bond donors (Lipinski definition) is 3. The van der Waals surface area contributed by atoms with E-state index in [-0.39, 0.29) is 38.2 Å². The monoisotopic (exact) mass is 408 g/mol. The molecule has 9 nitrogen and oxygen atoms in total. The molecule has 0 aliphatic heterocycles. The second-order valence-corrected chi connectivity index (χ2v) is 6.37. The maximum absolute atomic E-state index is 12.0. The molecule has 160 valence electrons. The smallest absolute Gasteiger partial charge is 0.407 e. The number of aliphatic hydroxyl groups is 1. The van der Waals surface area contributed by atoms with Gasteiger partial charge in [-0.3, -0.25) is 9.59 Å². The Morgan fingerprint density at radius 3 is 2.45 bits per heavy atom. The van der Waals surface area contributed by atoms with Crippen LogP contribution in [0.1, 0.15) is 38.2 Å². The minimum absolute atomic E-state index is 0.0357. The van der Waals surface area contributed by atoms with Gasteiger partial charge in [-0.2, -0.15) is 0 Å². The molecule has 0 aliphatic rings. The van der Waals surface area contributed by atoms with E-state index in [1.165, 1.54) is 7.11 Å². The highest BCUT2D eigenvalue weighted by molar-refractivity contribution is 5.85. The summed E-state index contributed by atoms with van der Waals surface area (Å²) in [4.78, 5) is 46.9. The van der Waals surface area contributed by atoms with Gasteiger partial charge in [0.1, 0.15) is 18.4 Å². The van der Waals surface area contributed by atoms with E-state index in [0.29, 0.717) is 6.42 Å². The van der Waals surface area contributed by atoms with Crippen LogP contribution in [0.2, 0.25) is 0 Å². The van der Waals surface area contributed by atoms with Crippen LogP contribution >= 0.6 is 0 Å². The summed E-state index contributed by atoms with van der Waals surface area (Å²) in [7, 11) is 1.18. The van der Waals surface area contributed by atoms with Crippen LogP contribution in [0.4, 0.5) is 4.79 Å². The average Bonchev–Trinajstić information content (AvgIpc) is 2.73. The highest BCUT2D eigenvalue weighted by Crippen LogP contribution is 2.04. The van der Waals surface area contributed by atoms with E-state index in [0.717, 1.165) is 5.56 Å². The molecule has 0 radical (unpaired) electrons. The molecule has 2 atom stereocenters. The number of carbonyl (C=O) groups is 4. The van der Waals surface area contributed by atoms with Gasteiger partial charge >= 0.3 is 12.1 Å². The van der Waals surface area contributed by atoms with Gasteiger partial charge < -0.3 is 25.2 Å². The Balaban J connectivity index is 2.35. The maximum Gasteiger partial charge on any atom is 0.407 e. The van der Waals surface area contributed by atoms with Crippen molar-refractivity contribution in [1.82, 2.24) is 10.6 Å². The topological polar surface area (TPSA) is 131 Å². The van der Waals surface area contributed by atoms with Gasteiger partial charge in [0.15, 0.2) is 0 Å². The van der Waals surface area contributed by atoms with E-state index in [4.69, 9.17) is 4.74 Å². The predicted molar refractivity (Wildman–Crippen MR) is 104 cm³/mol. The van der Waals surface area contributed by atoms with E-state index < -0.39 is 30.1 Å². The van der Waals surface area contributed by atoms with Crippen molar-refractivity contribution in [1.29, 1.82) is 0 Å². The first-order valence-corrected chi connectivity index (χ1v) is 9.37. The molecule has 0 bridgehead atoms. The fourth-order valence-electron chi connectivity index (χ4n) is 2.39. The lowest BCUT2D eigenvalue weighted by Crippen LogP contribution is -2.44. The molecular weight excluding hydrogens is 380 g/mol. The van der Waals surface area contributed by atoms with Crippen molar-refractivity contribution in [3.63, 3.8) is 0 Å². The number of ether oxygens (including phenoxy) is 2. The predicted octanol–water partition coefficient (Wildman–Crippen LogP) is 1.08. The van der Waals surface area contributed by atoms with Crippen LogP contribution in [0.25, 0.3) is 0 Å². The summed E-state index contributed by atoms with van der Waals surface area (Å²) in [6, 6.07) is 8.12. The Labute approximate surface area is 169 Å². The zero-order chi connectivity index (χ0) is 21.6. The van der Waals surface area contributed by atoms with Gasteiger partial charge in [0, 0.05) is 19.4 Å². The van der Waals surface area contributed by atoms with E-state index in [9.17, 15) is 24.3 Å². The highest BCUT2D eigenvalue weighted by atomic mass is 16.5. The summed E-state index contributed by atoms with van der Waals surface area (Å²) in [5, 5.41) is 14.7. The molecule has 3 N–H and O–H groups in total. The zero-order valence-electron chi connectivity index (χ0n) is 16.7. The normalized spacial score (nSPS) is 12.4. The number of aliphatic hydroxyl groups excluding tert-OH is 1. The second-order valence-electron chi connectivity index (χ2n) is 6.37. The fourth-order valence-corrected chi connectivity index (χ4v) is 2.39. The van der Waals surface area contributed by atoms with Crippen molar-refractivity contribution in [3.05, 3.63) is 35.9 Å². The number of rotatable bonds is 12. The van der Waals surface area contributed by atoms with E-state index in [1.807, 2.05) is 18.2 Å². The molecule has 0 aliphatic carbocycles. The number of benzene rings is 1. The largest absolute Gasteiger partial charge is 0.467 e. The van der Waals surface area contributed by atoms with Crippen molar-refractivity contribution in [3.8, 4) is 0 Å². The number of carbonyl (C=O) groups excluding carboxylic acids is 4. The number of Topliss-reactive ketones (excluding diaryl/α,β-unsaturated/α-hetero) is 1.